The molecule has 0 amide bonds. The maximum atomic E-state index is 10.3. The zero-order valence-corrected chi connectivity index (χ0v) is 17.4. The summed E-state index contributed by atoms with van der Waals surface area (Å²) in [7, 11) is 0. The number of nitrogen functional groups attached to an aromatic ring is 1. The molecule has 0 saturated carbocycles. The van der Waals surface area contributed by atoms with Gasteiger partial charge in [0.15, 0.2) is 5.82 Å². The number of nitrogens with zero attached hydrogens (tertiary/aromatic N) is 3. The van der Waals surface area contributed by atoms with Gasteiger partial charge >= 0.3 is 0 Å². The molecular weight excluding hydrogens is 342 g/mol. The third-order valence-corrected chi connectivity index (χ3v) is 4.24. The molecule has 0 aromatic carbocycles. The van der Waals surface area contributed by atoms with Crippen molar-refractivity contribution in [2.75, 3.05) is 18.9 Å². The van der Waals surface area contributed by atoms with Gasteiger partial charge < -0.3 is 25.5 Å². The summed E-state index contributed by atoms with van der Waals surface area (Å²) in [5, 5.41) is 13.7. The van der Waals surface area contributed by atoms with Crippen LogP contribution in [0.3, 0.4) is 0 Å². The summed E-state index contributed by atoms with van der Waals surface area (Å²) in [5.41, 5.74) is 6.86. The van der Waals surface area contributed by atoms with Crippen molar-refractivity contribution in [2.45, 2.75) is 78.5 Å². The van der Waals surface area contributed by atoms with Crippen LogP contribution in [0.5, 0.6) is 5.88 Å². The second-order valence-corrected chi connectivity index (χ2v) is 8.05. The number of unbranched alkanes of at least 4 members (excludes halogenated alkanes) is 1. The molecule has 27 heavy (non-hydrogen) atoms. The standard InChI is InChI=1S/C20H35N5O2/c1-6-7-9-16-23-18-15(25(16)13-20(4,5)26)12-17(24-19(18)21)27-11-8-10-22-14(2)3/h12,14,22,26H,6-11,13H2,1-5H3,(H2,21,24). The minimum absolute atomic E-state index is 0.370. The number of aryl methyl sites for hydroxylation is 1. The number of hydrogen-bond acceptors (Lipinski definition) is 6. The van der Waals surface area contributed by atoms with Crippen molar-refractivity contribution < 1.29 is 9.84 Å². The molecule has 4 N–H and O–H groups in total. The normalized spacial score (nSPS) is 12.3. The van der Waals surface area contributed by atoms with Crippen LogP contribution in [0.4, 0.5) is 5.82 Å². The summed E-state index contributed by atoms with van der Waals surface area (Å²) in [6, 6.07) is 2.35. The Morgan fingerprint density at radius 2 is 2.04 bits per heavy atom. The SMILES string of the molecule is CCCCc1nc2c(N)nc(OCCCNC(C)C)cc2n1CC(C)(C)O. The number of anilines is 1. The number of pyridine rings is 1. The molecule has 0 spiro atoms. The highest BCUT2D eigenvalue weighted by Gasteiger charge is 2.21. The predicted molar refractivity (Wildman–Crippen MR) is 110 cm³/mol. The fourth-order valence-corrected chi connectivity index (χ4v) is 2.97. The first-order chi connectivity index (χ1) is 12.7. The van der Waals surface area contributed by atoms with E-state index in [1.165, 1.54) is 0 Å². The molecule has 2 heterocycles. The van der Waals surface area contributed by atoms with Crippen LogP contribution in [0.15, 0.2) is 6.07 Å². The number of rotatable bonds is 11. The quantitative estimate of drug-likeness (QED) is 0.521. The largest absolute Gasteiger partial charge is 0.478 e. The van der Waals surface area contributed by atoms with Crippen LogP contribution in [-0.2, 0) is 13.0 Å². The molecule has 2 rings (SSSR count). The maximum absolute atomic E-state index is 10.3. The monoisotopic (exact) mass is 377 g/mol. The predicted octanol–water partition coefficient (Wildman–Crippen LogP) is 2.89. The van der Waals surface area contributed by atoms with Crippen molar-refractivity contribution in [3.8, 4) is 5.88 Å². The van der Waals surface area contributed by atoms with Gasteiger partial charge in [0, 0.05) is 18.5 Å². The van der Waals surface area contributed by atoms with Gasteiger partial charge in [0.2, 0.25) is 5.88 Å². The van der Waals surface area contributed by atoms with Gasteiger partial charge in [0.05, 0.1) is 24.3 Å². The van der Waals surface area contributed by atoms with Crippen LogP contribution in [0, 0.1) is 0 Å². The van der Waals surface area contributed by atoms with Gasteiger partial charge in [-0.15, -0.1) is 0 Å². The molecular formula is C20H35N5O2. The lowest BCUT2D eigenvalue weighted by Gasteiger charge is -2.20. The maximum Gasteiger partial charge on any atom is 0.217 e. The Bertz CT molecular complexity index is 734. The van der Waals surface area contributed by atoms with E-state index < -0.39 is 5.60 Å². The van der Waals surface area contributed by atoms with Gasteiger partial charge in [0.1, 0.15) is 11.3 Å². The molecule has 7 heteroatoms. The Labute approximate surface area is 162 Å². The minimum atomic E-state index is -0.851. The number of nitrogens with one attached hydrogen (secondary N) is 1. The molecule has 0 saturated heterocycles. The molecule has 152 valence electrons. The van der Waals surface area contributed by atoms with E-state index in [4.69, 9.17) is 15.5 Å². The van der Waals surface area contributed by atoms with E-state index in [0.717, 1.165) is 43.6 Å². The van der Waals surface area contributed by atoms with Gasteiger partial charge in [0.25, 0.3) is 0 Å². The molecule has 0 aliphatic carbocycles. The van der Waals surface area contributed by atoms with Gasteiger partial charge in [-0.1, -0.05) is 27.2 Å². The average molecular weight is 378 g/mol. The number of aromatic nitrogens is 3. The molecule has 0 fully saturated rings. The lowest BCUT2D eigenvalue weighted by molar-refractivity contribution is 0.0618. The second kappa shape index (κ2) is 9.37. The topological polar surface area (TPSA) is 98.2 Å². The first kappa shape index (κ1) is 21.4. The zero-order valence-electron chi connectivity index (χ0n) is 17.4. The van der Waals surface area contributed by atoms with E-state index in [-0.39, 0.29) is 0 Å². The summed E-state index contributed by atoms with van der Waals surface area (Å²) < 4.78 is 7.87. The third kappa shape index (κ3) is 6.36. The Kier molecular flexibility index (Phi) is 7.44. The van der Waals surface area contributed by atoms with Crippen molar-refractivity contribution in [1.82, 2.24) is 19.9 Å². The number of nitrogens with two attached hydrogens (primary N) is 1. The van der Waals surface area contributed by atoms with E-state index in [0.29, 0.717) is 36.4 Å². The molecule has 2 aromatic rings. The molecule has 0 bridgehead atoms. The van der Waals surface area contributed by atoms with Gasteiger partial charge in [-0.3, -0.25) is 0 Å². The Hall–Kier alpha value is -1.86. The summed E-state index contributed by atoms with van der Waals surface area (Å²) >= 11 is 0. The highest BCUT2D eigenvalue weighted by Crippen LogP contribution is 2.27. The number of fused-ring (bicyclic) bond motifs is 1. The molecule has 0 aliphatic heterocycles. The van der Waals surface area contributed by atoms with Crippen LogP contribution < -0.4 is 15.8 Å². The zero-order chi connectivity index (χ0) is 20.0. The highest BCUT2D eigenvalue weighted by atomic mass is 16.5. The fourth-order valence-electron chi connectivity index (χ4n) is 2.97. The van der Waals surface area contributed by atoms with Crippen molar-refractivity contribution in [1.29, 1.82) is 0 Å². The van der Waals surface area contributed by atoms with Crippen molar-refractivity contribution in [2.24, 2.45) is 0 Å². The summed E-state index contributed by atoms with van der Waals surface area (Å²) in [5.74, 6) is 1.80. The molecule has 7 nitrogen and oxygen atoms in total. The number of hydrogen-bond donors (Lipinski definition) is 3. The van der Waals surface area contributed by atoms with Gasteiger partial charge in [-0.2, -0.15) is 4.98 Å². The molecule has 2 aromatic heterocycles. The summed E-state index contributed by atoms with van der Waals surface area (Å²) in [6.45, 7) is 11.9. The van der Waals surface area contributed by atoms with Gasteiger partial charge in [-0.05, 0) is 33.2 Å². The highest BCUT2D eigenvalue weighted by molar-refractivity contribution is 5.86. The fraction of sp³-hybridized carbons (Fsp3) is 0.700. The summed E-state index contributed by atoms with van der Waals surface area (Å²) in [6.07, 6.45) is 3.85. The Morgan fingerprint density at radius 1 is 1.30 bits per heavy atom. The van der Waals surface area contributed by atoms with Crippen LogP contribution in [0.2, 0.25) is 0 Å². The van der Waals surface area contributed by atoms with Gasteiger partial charge in [-0.25, -0.2) is 4.98 Å². The van der Waals surface area contributed by atoms with Crippen LogP contribution in [-0.4, -0.2) is 44.4 Å². The Morgan fingerprint density at radius 3 is 2.67 bits per heavy atom. The van der Waals surface area contributed by atoms with Crippen LogP contribution >= 0.6 is 0 Å². The van der Waals surface area contributed by atoms with E-state index >= 15 is 0 Å². The molecule has 0 unspecified atom stereocenters. The van der Waals surface area contributed by atoms with Crippen LogP contribution in [0.1, 0.15) is 59.7 Å². The Balaban J connectivity index is 2.25. The molecule has 0 radical (unpaired) electrons. The number of imidazole rings is 1. The first-order valence-corrected chi connectivity index (χ1v) is 9.95. The lowest BCUT2D eigenvalue weighted by Crippen LogP contribution is -2.27. The summed E-state index contributed by atoms with van der Waals surface area (Å²) in [4.78, 5) is 9.07. The molecule has 0 aliphatic rings. The minimum Gasteiger partial charge on any atom is -0.478 e. The van der Waals surface area contributed by atoms with E-state index in [9.17, 15) is 5.11 Å². The smallest absolute Gasteiger partial charge is 0.217 e. The number of ether oxygens (including phenoxy) is 1. The van der Waals surface area contributed by atoms with Crippen molar-refractivity contribution in [3.63, 3.8) is 0 Å². The number of aliphatic hydroxyl groups is 1. The van der Waals surface area contributed by atoms with E-state index in [2.05, 4.69) is 35.6 Å². The molecule has 0 atom stereocenters. The lowest BCUT2D eigenvalue weighted by atomic mass is 10.1. The van der Waals surface area contributed by atoms with Crippen molar-refractivity contribution >= 4 is 16.9 Å². The third-order valence-electron chi connectivity index (χ3n) is 4.24. The van der Waals surface area contributed by atoms with E-state index in [1.54, 1.807) is 13.8 Å². The van der Waals surface area contributed by atoms with Crippen LogP contribution in [0.25, 0.3) is 11.0 Å². The van der Waals surface area contributed by atoms with Crippen molar-refractivity contribution in [3.05, 3.63) is 11.9 Å². The second-order valence-electron chi connectivity index (χ2n) is 8.05. The van der Waals surface area contributed by atoms with E-state index in [1.807, 2.05) is 6.07 Å². The first-order valence-electron chi connectivity index (χ1n) is 9.95. The average Bonchev–Trinajstić information content (AvgIpc) is 2.89.